The number of hydrogen-bond acceptors (Lipinski definition) is 3. The van der Waals surface area contributed by atoms with Crippen molar-refractivity contribution in [2.45, 2.75) is 50.8 Å². The lowest BCUT2D eigenvalue weighted by Gasteiger charge is -2.35. The minimum Gasteiger partial charge on any atom is -0.385 e. The molecule has 5 heteroatoms. The largest absolute Gasteiger partial charge is 0.385 e. The summed E-state index contributed by atoms with van der Waals surface area (Å²) in [5, 5.41) is 0. The van der Waals surface area contributed by atoms with Gasteiger partial charge >= 0.3 is 0 Å². The number of fused-ring (bicyclic) bond motifs is 1. The van der Waals surface area contributed by atoms with Crippen molar-refractivity contribution in [2.24, 2.45) is 0 Å². The van der Waals surface area contributed by atoms with Crippen molar-refractivity contribution in [3.63, 3.8) is 0 Å². The number of ether oxygens (including phenoxy) is 2. The summed E-state index contributed by atoms with van der Waals surface area (Å²) in [6.45, 7) is 2.37. The highest BCUT2D eigenvalue weighted by atomic mass is 16.5. The molecule has 0 saturated heterocycles. The van der Waals surface area contributed by atoms with Crippen molar-refractivity contribution in [2.75, 3.05) is 26.9 Å². The lowest BCUT2D eigenvalue weighted by Crippen LogP contribution is -2.43. The SMILES string of the molecule is COCCC1CN(C(=O)COC2CCCC2)Cc2cccn21. The molecule has 3 rings (SSSR count). The Balaban J connectivity index is 1.58. The summed E-state index contributed by atoms with van der Waals surface area (Å²) in [4.78, 5) is 14.4. The number of aromatic nitrogens is 1. The molecule has 0 spiro atoms. The van der Waals surface area contributed by atoms with Gasteiger partial charge in [0.15, 0.2) is 0 Å². The van der Waals surface area contributed by atoms with E-state index in [-0.39, 0.29) is 12.5 Å². The van der Waals surface area contributed by atoms with E-state index < -0.39 is 0 Å². The molecule has 0 aromatic carbocycles. The van der Waals surface area contributed by atoms with Crippen LogP contribution in [0.1, 0.15) is 43.8 Å². The third kappa shape index (κ3) is 3.52. The Morgan fingerprint density at radius 1 is 1.36 bits per heavy atom. The van der Waals surface area contributed by atoms with Gasteiger partial charge in [-0.05, 0) is 31.4 Å². The molecule has 22 heavy (non-hydrogen) atoms. The van der Waals surface area contributed by atoms with Gasteiger partial charge in [-0.3, -0.25) is 4.79 Å². The Hall–Kier alpha value is -1.33. The van der Waals surface area contributed by atoms with E-state index in [1.807, 2.05) is 4.90 Å². The van der Waals surface area contributed by atoms with Crippen LogP contribution < -0.4 is 0 Å². The van der Waals surface area contributed by atoms with Gasteiger partial charge in [0.1, 0.15) is 6.61 Å². The van der Waals surface area contributed by atoms with Gasteiger partial charge in [0.05, 0.1) is 18.7 Å². The summed E-state index contributed by atoms with van der Waals surface area (Å²) in [5.74, 6) is 0.113. The van der Waals surface area contributed by atoms with Crippen LogP contribution in [0, 0.1) is 0 Å². The number of amides is 1. The quantitative estimate of drug-likeness (QED) is 0.810. The maximum atomic E-state index is 12.5. The Morgan fingerprint density at radius 3 is 2.95 bits per heavy atom. The lowest BCUT2D eigenvalue weighted by atomic mass is 10.1. The van der Waals surface area contributed by atoms with E-state index in [0.29, 0.717) is 25.3 Å². The smallest absolute Gasteiger partial charge is 0.249 e. The second-order valence-electron chi connectivity index (χ2n) is 6.33. The molecular weight excluding hydrogens is 280 g/mol. The average molecular weight is 306 g/mol. The molecular formula is C17H26N2O3. The average Bonchev–Trinajstić information content (AvgIpc) is 3.20. The van der Waals surface area contributed by atoms with E-state index in [1.54, 1.807) is 7.11 Å². The third-order valence-electron chi connectivity index (χ3n) is 4.80. The zero-order valence-corrected chi connectivity index (χ0v) is 13.4. The molecule has 0 radical (unpaired) electrons. The topological polar surface area (TPSA) is 43.7 Å². The summed E-state index contributed by atoms with van der Waals surface area (Å²) in [6, 6.07) is 4.45. The zero-order valence-electron chi connectivity index (χ0n) is 13.4. The molecule has 0 N–H and O–H groups in total. The molecule has 5 nitrogen and oxygen atoms in total. The van der Waals surface area contributed by atoms with Gasteiger partial charge in [0, 0.05) is 32.2 Å². The highest BCUT2D eigenvalue weighted by Crippen LogP contribution is 2.25. The van der Waals surface area contributed by atoms with E-state index >= 15 is 0 Å². The molecule has 0 bridgehead atoms. The maximum Gasteiger partial charge on any atom is 0.249 e. The summed E-state index contributed by atoms with van der Waals surface area (Å²) >= 11 is 0. The van der Waals surface area contributed by atoms with Gasteiger partial charge < -0.3 is 18.9 Å². The monoisotopic (exact) mass is 306 g/mol. The van der Waals surface area contributed by atoms with E-state index in [2.05, 4.69) is 22.9 Å². The van der Waals surface area contributed by atoms with Crippen LogP contribution >= 0.6 is 0 Å². The van der Waals surface area contributed by atoms with E-state index in [4.69, 9.17) is 9.47 Å². The predicted molar refractivity (Wildman–Crippen MR) is 83.6 cm³/mol. The molecule has 1 aromatic heterocycles. The standard InChI is InChI=1S/C17H26N2O3/c1-21-10-8-15-12-18(11-14-5-4-9-19(14)15)17(20)13-22-16-6-2-3-7-16/h4-5,9,15-16H,2-3,6-8,10-13H2,1H3. The normalized spacial score (nSPS) is 22.0. The first-order chi connectivity index (χ1) is 10.8. The molecule has 1 fully saturated rings. The number of carbonyl (C=O) groups excluding carboxylic acids is 1. The van der Waals surface area contributed by atoms with Gasteiger partial charge in [-0.25, -0.2) is 0 Å². The molecule has 122 valence electrons. The van der Waals surface area contributed by atoms with Crippen molar-refractivity contribution in [3.05, 3.63) is 24.0 Å². The molecule has 1 amide bonds. The van der Waals surface area contributed by atoms with Crippen molar-refractivity contribution < 1.29 is 14.3 Å². The second-order valence-corrected chi connectivity index (χ2v) is 6.33. The number of nitrogens with zero attached hydrogens (tertiary/aromatic N) is 2. The Kier molecular flexibility index (Phi) is 5.16. The number of rotatable bonds is 6. The van der Waals surface area contributed by atoms with Crippen molar-refractivity contribution in [1.82, 2.24) is 9.47 Å². The van der Waals surface area contributed by atoms with Gasteiger partial charge in [-0.1, -0.05) is 12.8 Å². The summed E-state index contributed by atoms with van der Waals surface area (Å²) < 4.78 is 13.3. The summed E-state index contributed by atoms with van der Waals surface area (Å²) in [6.07, 6.45) is 7.99. The molecule has 1 aliphatic carbocycles. The number of carbonyl (C=O) groups is 1. The van der Waals surface area contributed by atoms with Crippen LogP contribution in [0.3, 0.4) is 0 Å². The van der Waals surface area contributed by atoms with Gasteiger partial charge in [-0.15, -0.1) is 0 Å². The van der Waals surface area contributed by atoms with E-state index in [0.717, 1.165) is 25.8 Å². The van der Waals surface area contributed by atoms with Crippen molar-refractivity contribution >= 4 is 5.91 Å². The Labute approximate surface area is 132 Å². The predicted octanol–water partition coefficient (Wildman–Crippen LogP) is 2.37. The van der Waals surface area contributed by atoms with Gasteiger partial charge in [-0.2, -0.15) is 0 Å². The Morgan fingerprint density at radius 2 is 2.18 bits per heavy atom. The maximum absolute atomic E-state index is 12.5. The fraction of sp³-hybridized carbons (Fsp3) is 0.706. The van der Waals surface area contributed by atoms with Crippen LogP contribution in [0.2, 0.25) is 0 Å². The van der Waals surface area contributed by atoms with Crippen molar-refractivity contribution in [3.8, 4) is 0 Å². The molecule has 2 aliphatic rings. The molecule has 1 unspecified atom stereocenters. The number of hydrogen-bond donors (Lipinski definition) is 0. The first kappa shape index (κ1) is 15.6. The molecule has 1 aromatic rings. The molecule has 1 atom stereocenters. The highest BCUT2D eigenvalue weighted by molar-refractivity contribution is 5.77. The fourth-order valence-electron chi connectivity index (χ4n) is 3.53. The summed E-state index contributed by atoms with van der Waals surface area (Å²) in [7, 11) is 1.72. The van der Waals surface area contributed by atoms with Crippen LogP contribution in [0.5, 0.6) is 0 Å². The number of methoxy groups -OCH3 is 1. The van der Waals surface area contributed by atoms with Crippen LogP contribution in [-0.4, -0.2) is 48.3 Å². The van der Waals surface area contributed by atoms with Gasteiger partial charge in [0.25, 0.3) is 0 Å². The highest BCUT2D eigenvalue weighted by Gasteiger charge is 2.28. The first-order valence-corrected chi connectivity index (χ1v) is 8.32. The summed E-state index contributed by atoms with van der Waals surface area (Å²) in [5.41, 5.74) is 1.20. The van der Waals surface area contributed by atoms with Crippen LogP contribution in [-0.2, 0) is 20.8 Å². The van der Waals surface area contributed by atoms with Gasteiger partial charge in [0.2, 0.25) is 5.91 Å². The zero-order chi connectivity index (χ0) is 15.4. The van der Waals surface area contributed by atoms with Crippen LogP contribution in [0.4, 0.5) is 0 Å². The third-order valence-corrected chi connectivity index (χ3v) is 4.80. The molecule has 1 saturated carbocycles. The van der Waals surface area contributed by atoms with Crippen LogP contribution in [0.25, 0.3) is 0 Å². The fourth-order valence-corrected chi connectivity index (χ4v) is 3.53. The lowest BCUT2D eigenvalue weighted by molar-refractivity contribution is -0.140. The van der Waals surface area contributed by atoms with Crippen molar-refractivity contribution in [1.29, 1.82) is 0 Å². The molecule has 2 heterocycles. The Bertz CT molecular complexity index is 494. The van der Waals surface area contributed by atoms with E-state index in [9.17, 15) is 4.79 Å². The van der Waals surface area contributed by atoms with Crippen LogP contribution in [0.15, 0.2) is 18.3 Å². The first-order valence-electron chi connectivity index (χ1n) is 8.32. The minimum absolute atomic E-state index is 0.113. The molecule has 1 aliphatic heterocycles. The second kappa shape index (κ2) is 7.29. The van der Waals surface area contributed by atoms with E-state index in [1.165, 1.54) is 18.5 Å². The minimum atomic E-state index is 0.113.